The van der Waals surface area contributed by atoms with E-state index in [1.807, 2.05) is 60.7 Å². The lowest BCUT2D eigenvalue weighted by Gasteiger charge is -2.26. The number of aliphatic hydroxyl groups excluding tert-OH is 1. The molecule has 0 spiro atoms. The van der Waals surface area contributed by atoms with E-state index in [0.29, 0.717) is 13.0 Å². The Kier molecular flexibility index (Phi) is 7.82. The second kappa shape index (κ2) is 10.3. The zero-order chi connectivity index (χ0) is 19.6. The Bertz CT molecular complexity index is 719. The van der Waals surface area contributed by atoms with Gasteiger partial charge >= 0.3 is 12.0 Å². The van der Waals surface area contributed by atoms with E-state index in [2.05, 4.69) is 5.32 Å². The molecule has 0 aromatic heterocycles. The van der Waals surface area contributed by atoms with E-state index in [0.717, 1.165) is 11.1 Å². The van der Waals surface area contributed by atoms with Crippen LogP contribution in [0.2, 0.25) is 0 Å². The molecule has 2 aromatic rings. The number of aliphatic hydroxyl groups is 1. The number of carbonyl (C=O) groups is 2. The van der Waals surface area contributed by atoms with Crippen LogP contribution in [0.25, 0.3) is 0 Å². The van der Waals surface area contributed by atoms with Crippen molar-refractivity contribution >= 4 is 12.0 Å². The van der Waals surface area contributed by atoms with Crippen LogP contribution in [0, 0.1) is 0 Å². The van der Waals surface area contributed by atoms with Crippen LogP contribution in [0.5, 0.6) is 0 Å². The number of hydrogen-bond acceptors (Lipinski definition) is 3. The highest BCUT2D eigenvalue weighted by molar-refractivity contribution is 5.82. The molecule has 27 heavy (non-hydrogen) atoms. The number of carboxylic acids is 1. The van der Waals surface area contributed by atoms with Gasteiger partial charge in [0.25, 0.3) is 0 Å². The number of nitrogens with zero attached hydrogens (tertiary/aromatic N) is 1. The van der Waals surface area contributed by atoms with Gasteiger partial charge in [-0.1, -0.05) is 60.7 Å². The van der Waals surface area contributed by atoms with Crippen LogP contribution in [0.15, 0.2) is 60.7 Å². The van der Waals surface area contributed by atoms with Gasteiger partial charge in [-0.3, -0.25) is 0 Å². The second-order valence-corrected chi connectivity index (χ2v) is 6.56. The van der Waals surface area contributed by atoms with Gasteiger partial charge in [-0.05, 0) is 24.5 Å². The predicted molar refractivity (Wildman–Crippen MR) is 104 cm³/mol. The molecule has 6 nitrogen and oxygen atoms in total. The molecule has 0 heterocycles. The Morgan fingerprint density at radius 2 is 1.56 bits per heavy atom. The quantitative estimate of drug-likeness (QED) is 0.632. The fourth-order valence-electron chi connectivity index (χ4n) is 2.79. The van der Waals surface area contributed by atoms with Gasteiger partial charge in [0.15, 0.2) is 0 Å². The minimum atomic E-state index is -1.09. The number of amides is 2. The van der Waals surface area contributed by atoms with E-state index < -0.39 is 24.1 Å². The van der Waals surface area contributed by atoms with Gasteiger partial charge in [-0.2, -0.15) is 0 Å². The number of carbonyl (C=O) groups excluding carboxylic acids is 1. The molecule has 0 unspecified atom stereocenters. The van der Waals surface area contributed by atoms with Crippen LogP contribution in [0.1, 0.15) is 18.1 Å². The van der Waals surface area contributed by atoms with E-state index in [1.54, 1.807) is 6.92 Å². The number of nitrogens with one attached hydrogen (secondary N) is 1. The lowest BCUT2D eigenvalue weighted by atomic mass is 10.1. The van der Waals surface area contributed by atoms with E-state index in [4.69, 9.17) is 0 Å². The van der Waals surface area contributed by atoms with Gasteiger partial charge in [0.05, 0.1) is 6.10 Å². The van der Waals surface area contributed by atoms with Crippen molar-refractivity contribution in [1.82, 2.24) is 10.2 Å². The molecule has 144 valence electrons. The summed E-state index contributed by atoms with van der Waals surface area (Å²) in [5.41, 5.74) is 1.90. The average Bonchev–Trinajstić information content (AvgIpc) is 2.65. The van der Waals surface area contributed by atoms with Gasteiger partial charge in [-0.15, -0.1) is 0 Å². The highest BCUT2D eigenvalue weighted by Crippen LogP contribution is 2.06. The van der Waals surface area contributed by atoms with Gasteiger partial charge < -0.3 is 20.4 Å². The van der Waals surface area contributed by atoms with Crippen molar-refractivity contribution < 1.29 is 19.8 Å². The molecule has 2 rings (SSSR count). The molecule has 2 amide bonds. The Balaban J connectivity index is 2.02. The largest absolute Gasteiger partial charge is 0.480 e. The summed E-state index contributed by atoms with van der Waals surface area (Å²) in [6.07, 6.45) is 0.115. The second-order valence-electron chi connectivity index (χ2n) is 6.56. The van der Waals surface area contributed by atoms with Crippen LogP contribution < -0.4 is 5.32 Å². The van der Waals surface area contributed by atoms with Crippen LogP contribution in [-0.2, 0) is 17.6 Å². The molecule has 0 radical (unpaired) electrons. The van der Waals surface area contributed by atoms with Crippen molar-refractivity contribution in [2.75, 3.05) is 13.1 Å². The summed E-state index contributed by atoms with van der Waals surface area (Å²) in [6, 6.07) is 17.3. The van der Waals surface area contributed by atoms with Crippen LogP contribution in [-0.4, -0.2) is 52.3 Å². The third kappa shape index (κ3) is 7.11. The summed E-state index contributed by atoms with van der Waals surface area (Å²) in [5.74, 6) is -1.09. The normalized spacial score (nSPS) is 12.8. The third-order valence-corrected chi connectivity index (χ3v) is 4.16. The maximum absolute atomic E-state index is 12.6. The number of aliphatic carboxylic acids is 1. The van der Waals surface area contributed by atoms with Gasteiger partial charge in [0, 0.05) is 19.5 Å². The molecule has 2 aromatic carbocycles. The Hall–Kier alpha value is -2.86. The molecule has 2 atom stereocenters. The zero-order valence-corrected chi connectivity index (χ0v) is 15.4. The Morgan fingerprint density at radius 3 is 2.07 bits per heavy atom. The number of urea groups is 1. The average molecular weight is 370 g/mol. The number of carboxylic acid groups (broad SMARTS) is 1. The van der Waals surface area contributed by atoms with Crippen LogP contribution in [0.4, 0.5) is 4.79 Å². The van der Waals surface area contributed by atoms with Crippen molar-refractivity contribution in [2.45, 2.75) is 31.9 Å². The SMILES string of the molecule is C[C@H](O)CN(CCc1ccccc1)C(=O)N[C@@H](Cc1ccccc1)C(=O)O. The monoisotopic (exact) mass is 370 g/mol. The Morgan fingerprint density at radius 1 is 1.00 bits per heavy atom. The van der Waals surface area contributed by atoms with Crippen molar-refractivity contribution in [3.05, 3.63) is 71.8 Å². The van der Waals surface area contributed by atoms with Crippen molar-refractivity contribution in [3.8, 4) is 0 Å². The van der Waals surface area contributed by atoms with Crippen LogP contribution in [0.3, 0.4) is 0 Å². The number of hydrogen-bond donors (Lipinski definition) is 3. The minimum Gasteiger partial charge on any atom is -0.480 e. The maximum Gasteiger partial charge on any atom is 0.326 e. The first-order valence-corrected chi connectivity index (χ1v) is 9.00. The fourth-order valence-corrected chi connectivity index (χ4v) is 2.79. The van der Waals surface area contributed by atoms with E-state index >= 15 is 0 Å². The lowest BCUT2D eigenvalue weighted by molar-refractivity contribution is -0.139. The van der Waals surface area contributed by atoms with E-state index in [9.17, 15) is 19.8 Å². The van der Waals surface area contributed by atoms with Gasteiger partial charge in [0.1, 0.15) is 6.04 Å². The first-order chi connectivity index (χ1) is 13.0. The van der Waals surface area contributed by atoms with Crippen molar-refractivity contribution in [3.63, 3.8) is 0 Å². The number of benzene rings is 2. The zero-order valence-electron chi connectivity index (χ0n) is 15.4. The maximum atomic E-state index is 12.6. The standard InChI is InChI=1S/C21H26N2O4/c1-16(24)15-23(13-12-17-8-4-2-5-9-17)21(27)22-19(20(25)26)14-18-10-6-3-7-11-18/h2-11,16,19,24H,12-15H2,1H3,(H,22,27)(H,25,26)/t16-,19-/m0/s1. The predicted octanol–water partition coefficient (Wildman–Crippen LogP) is 2.32. The summed E-state index contributed by atoms with van der Waals surface area (Å²) in [6.45, 7) is 2.12. The third-order valence-electron chi connectivity index (χ3n) is 4.16. The highest BCUT2D eigenvalue weighted by atomic mass is 16.4. The molecular weight excluding hydrogens is 344 g/mol. The summed E-state index contributed by atoms with van der Waals surface area (Å²) in [7, 11) is 0. The fraction of sp³-hybridized carbons (Fsp3) is 0.333. The highest BCUT2D eigenvalue weighted by Gasteiger charge is 2.24. The van der Waals surface area contributed by atoms with Crippen molar-refractivity contribution in [2.24, 2.45) is 0 Å². The van der Waals surface area contributed by atoms with Gasteiger partial charge in [0.2, 0.25) is 0 Å². The van der Waals surface area contributed by atoms with E-state index in [-0.39, 0.29) is 13.0 Å². The lowest BCUT2D eigenvalue weighted by Crippen LogP contribution is -2.50. The first kappa shape index (κ1) is 20.5. The van der Waals surface area contributed by atoms with Gasteiger partial charge in [-0.25, -0.2) is 9.59 Å². The Labute approximate surface area is 159 Å². The summed E-state index contributed by atoms with van der Waals surface area (Å²) < 4.78 is 0. The summed E-state index contributed by atoms with van der Waals surface area (Å²) in [5, 5.41) is 21.8. The molecule has 0 fully saturated rings. The molecular formula is C21H26N2O4. The molecule has 6 heteroatoms. The summed E-state index contributed by atoms with van der Waals surface area (Å²) >= 11 is 0. The molecule has 0 aliphatic heterocycles. The first-order valence-electron chi connectivity index (χ1n) is 9.00. The molecule has 0 bridgehead atoms. The van der Waals surface area contributed by atoms with Crippen LogP contribution >= 0.6 is 0 Å². The smallest absolute Gasteiger partial charge is 0.326 e. The topological polar surface area (TPSA) is 89.9 Å². The molecule has 0 saturated heterocycles. The molecule has 0 saturated carbocycles. The minimum absolute atomic E-state index is 0.135. The molecule has 0 aliphatic carbocycles. The molecule has 0 aliphatic rings. The number of rotatable bonds is 9. The summed E-state index contributed by atoms with van der Waals surface area (Å²) in [4.78, 5) is 25.7. The van der Waals surface area contributed by atoms with Crippen molar-refractivity contribution in [1.29, 1.82) is 0 Å². The molecule has 3 N–H and O–H groups in total. The van der Waals surface area contributed by atoms with E-state index in [1.165, 1.54) is 4.90 Å².